The molecule has 1 aliphatic heterocycles. The molecule has 138 valence electrons. The van der Waals surface area contributed by atoms with Gasteiger partial charge in [-0.3, -0.25) is 19.7 Å². The van der Waals surface area contributed by atoms with Crippen molar-refractivity contribution in [1.29, 1.82) is 0 Å². The van der Waals surface area contributed by atoms with Crippen LogP contribution >= 0.6 is 0 Å². The lowest BCUT2D eigenvalue weighted by Crippen LogP contribution is -2.36. The Labute approximate surface area is 156 Å². The van der Waals surface area contributed by atoms with Gasteiger partial charge in [-0.2, -0.15) is 4.98 Å². The van der Waals surface area contributed by atoms with E-state index in [4.69, 9.17) is 4.52 Å². The predicted molar refractivity (Wildman–Crippen MR) is 97.2 cm³/mol. The van der Waals surface area contributed by atoms with Gasteiger partial charge >= 0.3 is 0 Å². The fraction of sp³-hybridized carbons (Fsp3) is 0.316. The Hall–Kier alpha value is -3.13. The van der Waals surface area contributed by atoms with Gasteiger partial charge in [0.25, 0.3) is 0 Å². The van der Waals surface area contributed by atoms with Crippen molar-refractivity contribution < 1.29 is 9.32 Å². The number of carbonyl (C=O) groups is 1. The molecular formula is C19H20N6O2. The number of hydrogen-bond donors (Lipinski definition) is 1. The van der Waals surface area contributed by atoms with Crippen LogP contribution in [-0.2, 0) is 11.3 Å². The summed E-state index contributed by atoms with van der Waals surface area (Å²) in [7, 11) is 0. The second kappa shape index (κ2) is 8.05. The molecule has 0 radical (unpaired) electrons. The fourth-order valence-corrected chi connectivity index (χ4v) is 3.20. The van der Waals surface area contributed by atoms with Crippen LogP contribution in [0, 0.1) is 0 Å². The molecule has 4 rings (SSSR count). The predicted octanol–water partition coefficient (Wildman–Crippen LogP) is 1.98. The lowest BCUT2D eigenvalue weighted by molar-refractivity contribution is -0.122. The summed E-state index contributed by atoms with van der Waals surface area (Å²) in [6.45, 7) is 1.53. The van der Waals surface area contributed by atoms with E-state index in [1.807, 2.05) is 36.4 Å². The van der Waals surface area contributed by atoms with E-state index in [-0.39, 0.29) is 11.9 Å². The number of aromatic nitrogens is 4. The van der Waals surface area contributed by atoms with E-state index in [2.05, 4.69) is 30.3 Å². The van der Waals surface area contributed by atoms with Crippen molar-refractivity contribution in [2.24, 2.45) is 0 Å². The molecule has 0 unspecified atom stereocenters. The number of rotatable bonds is 6. The van der Waals surface area contributed by atoms with Crippen LogP contribution in [0.15, 0.2) is 53.3 Å². The minimum Gasteiger partial charge on any atom is -0.349 e. The Morgan fingerprint density at radius 3 is 2.81 bits per heavy atom. The van der Waals surface area contributed by atoms with Gasteiger partial charge < -0.3 is 9.84 Å². The number of nitrogens with one attached hydrogen (secondary N) is 1. The van der Waals surface area contributed by atoms with E-state index in [0.29, 0.717) is 30.5 Å². The van der Waals surface area contributed by atoms with Crippen molar-refractivity contribution in [3.05, 3.63) is 60.4 Å². The van der Waals surface area contributed by atoms with E-state index in [0.717, 1.165) is 25.1 Å². The highest BCUT2D eigenvalue weighted by molar-refractivity contribution is 5.78. The fourth-order valence-electron chi connectivity index (χ4n) is 3.20. The molecule has 1 amide bonds. The summed E-state index contributed by atoms with van der Waals surface area (Å²) >= 11 is 0. The van der Waals surface area contributed by atoms with E-state index < -0.39 is 0 Å². The van der Waals surface area contributed by atoms with Gasteiger partial charge in [0.15, 0.2) is 0 Å². The van der Waals surface area contributed by atoms with Gasteiger partial charge in [-0.15, -0.1) is 0 Å². The van der Waals surface area contributed by atoms with E-state index in [9.17, 15) is 4.79 Å². The highest BCUT2D eigenvalue weighted by Gasteiger charge is 2.32. The molecular weight excluding hydrogens is 344 g/mol. The largest absolute Gasteiger partial charge is 0.349 e. The summed E-state index contributed by atoms with van der Waals surface area (Å²) < 4.78 is 5.46. The van der Waals surface area contributed by atoms with Crippen LogP contribution in [0.5, 0.6) is 0 Å². The summed E-state index contributed by atoms with van der Waals surface area (Å²) in [5, 5.41) is 6.95. The summed E-state index contributed by atoms with van der Waals surface area (Å²) in [5.74, 6) is 0.958. The van der Waals surface area contributed by atoms with E-state index in [1.165, 1.54) is 0 Å². The zero-order valence-corrected chi connectivity index (χ0v) is 14.8. The van der Waals surface area contributed by atoms with Crippen molar-refractivity contribution in [1.82, 2.24) is 30.3 Å². The van der Waals surface area contributed by atoms with E-state index in [1.54, 1.807) is 12.4 Å². The Morgan fingerprint density at radius 2 is 2.04 bits per heavy atom. The SMILES string of the molecule is O=C(CN1CCC[C@H]1c1nc(-c2ccccn2)no1)NCc1ccccn1. The maximum absolute atomic E-state index is 12.3. The molecule has 1 fully saturated rings. The Morgan fingerprint density at radius 1 is 1.19 bits per heavy atom. The first-order valence-electron chi connectivity index (χ1n) is 8.95. The molecule has 4 heterocycles. The average molecular weight is 364 g/mol. The van der Waals surface area contributed by atoms with Gasteiger partial charge in [0.1, 0.15) is 5.69 Å². The van der Waals surface area contributed by atoms with Crippen LogP contribution in [0.2, 0.25) is 0 Å². The van der Waals surface area contributed by atoms with Crippen molar-refractivity contribution in [3.63, 3.8) is 0 Å². The molecule has 8 heteroatoms. The molecule has 1 saturated heterocycles. The first kappa shape index (κ1) is 17.3. The monoisotopic (exact) mass is 364 g/mol. The van der Waals surface area contributed by atoms with Crippen molar-refractivity contribution >= 4 is 5.91 Å². The Bertz CT molecular complexity index is 883. The minimum absolute atomic E-state index is 0.0444. The molecule has 0 spiro atoms. The van der Waals surface area contributed by atoms with Crippen LogP contribution in [0.3, 0.4) is 0 Å². The van der Waals surface area contributed by atoms with Crippen LogP contribution < -0.4 is 5.32 Å². The first-order valence-corrected chi connectivity index (χ1v) is 8.95. The molecule has 3 aromatic rings. The Kier molecular flexibility index (Phi) is 5.15. The third-order valence-electron chi connectivity index (χ3n) is 4.52. The number of carbonyl (C=O) groups excluding carboxylic acids is 1. The maximum Gasteiger partial charge on any atom is 0.244 e. The summed E-state index contributed by atoms with van der Waals surface area (Å²) in [4.78, 5) is 27.3. The smallest absolute Gasteiger partial charge is 0.244 e. The number of amides is 1. The second-order valence-electron chi connectivity index (χ2n) is 6.40. The van der Waals surface area contributed by atoms with Gasteiger partial charge in [-0.1, -0.05) is 17.3 Å². The first-order chi connectivity index (χ1) is 13.3. The normalized spacial score (nSPS) is 17.1. The van der Waals surface area contributed by atoms with Crippen LogP contribution in [-0.4, -0.2) is 44.0 Å². The summed E-state index contributed by atoms with van der Waals surface area (Å²) in [6.07, 6.45) is 5.28. The second-order valence-corrected chi connectivity index (χ2v) is 6.40. The molecule has 0 aliphatic carbocycles. The quantitative estimate of drug-likeness (QED) is 0.714. The van der Waals surface area contributed by atoms with Gasteiger partial charge in [0, 0.05) is 12.4 Å². The summed E-state index contributed by atoms with van der Waals surface area (Å²) in [6, 6.07) is 11.2. The van der Waals surface area contributed by atoms with E-state index >= 15 is 0 Å². The highest BCUT2D eigenvalue weighted by atomic mass is 16.5. The zero-order chi connectivity index (χ0) is 18.5. The number of hydrogen-bond acceptors (Lipinski definition) is 7. The number of pyridine rings is 2. The van der Waals surface area contributed by atoms with Gasteiger partial charge in [0.05, 0.1) is 24.8 Å². The van der Waals surface area contributed by atoms with Crippen molar-refractivity contribution in [2.45, 2.75) is 25.4 Å². The number of likely N-dealkylation sites (tertiary alicyclic amines) is 1. The third kappa shape index (κ3) is 4.17. The molecule has 27 heavy (non-hydrogen) atoms. The van der Waals surface area contributed by atoms with Crippen LogP contribution in [0.1, 0.15) is 30.5 Å². The lowest BCUT2D eigenvalue weighted by Gasteiger charge is -2.20. The van der Waals surface area contributed by atoms with Crippen LogP contribution in [0.4, 0.5) is 0 Å². The lowest BCUT2D eigenvalue weighted by atomic mass is 10.2. The highest BCUT2D eigenvalue weighted by Crippen LogP contribution is 2.31. The van der Waals surface area contributed by atoms with Crippen molar-refractivity contribution in [2.75, 3.05) is 13.1 Å². The molecule has 0 aromatic carbocycles. The van der Waals surface area contributed by atoms with Gasteiger partial charge in [-0.25, -0.2) is 0 Å². The molecule has 3 aromatic heterocycles. The average Bonchev–Trinajstić information content (AvgIpc) is 3.37. The molecule has 1 atom stereocenters. The maximum atomic E-state index is 12.3. The summed E-state index contributed by atoms with van der Waals surface area (Å²) in [5.41, 5.74) is 1.51. The van der Waals surface area contributed by atoms with Crippen LogP contribution in [0.25, 0.3) is 11.5 Å². The van der Waals surface area contributed by atoms with Crippen molar-refractivity contribution in [3.8, 4) is 11.5 Å². The molecule has 1 aliphatic rings. The molecule has 0 saturated carbocycles. The minimum atomic E-state index is -0.0458. The topological polar surface area (TPSA) is 97.0 Å². The van der Waals surface area contributed by atoms with Gasteiger partial charge in [-0.05, 0) is 43.7 Å². The zero-order valence-electron chi connectivity index (χ0n) is 14.8. The standard InChI is InChI=1S/C19H20N6O2/c26-17(22-12-14-6-1-3-9-20-14)13-25-11-5-8-16(25)19-23-18(24-27-19)15-7-2-4-10-21-15/h1-4,6-7,9-10,16H,5,8,11-13H2,(H,22,26)/t16-/m0/s1. The third-order valence-corrected chi connectivity index (χ3v) is 4.52. The number of nitrogens with zero attached hydrogens (tertiary/aromatic N) is 5. The molecule has 0 bridgehead atoms. The molecule has 1 N–H and O–H groups in total. The van der Waals surface area contributed by atoms with Gasteiger partial charge in [0.2, 0.25) is 17.6 Å². The Balaban J connectivity index is 1.38. The molecule has 8 nitrogen and oxygen atoms in total.